The molecule has 0 radical (unpaired) electrons. The van der Waals surface area contributed by atoms with E-state index in [0.717, 1.165) is 37.8 Å². The number of nitrogens with one attached hydrogen (secondary N) is 1. The van der Waals surface area contributed by atoms with Gasteiger partial charge in [-0.2, -0.15) is 0 Å². The molecule has 0 unspecified atom stereocenters. The number of rotatable bonds is 5. The lowest BCUT2D eigenvalue weighted by Crippen LogP contribution is -2.54. The number of carbonyl (C=O) groups excluding carboxylic acids is 1. The average Bonchev–Trinajstić information content (AvgIpc) is 3.26. The van der Waals surface area contributed by atoms with Crippen LogP contribution < -0.4 is 10.1 Å². The van der Waals surface area contributed by atoms with Gasteiger partial charge in [-0.25, -0.2) is 0 Å². The number of benzene rings is 1. The van der Waals surface area contributed by atoms with Gasteiger partial charge in [0.2, 0.25) is 0 Å². The lowest BCUT2D eigenvalue weighted by molar-refractivity contribution is 0.0658. The third-order valence-electron chi connectivity index (χ3n) is 4.92. The van der Waals surface area contributed by atoms with Gasteiger partial charge in [0.25, 0.3) is 5.91 Å². The van der Waals surface area contributed by atoms with Crippen molar-refractivity contribution in [3.05, 3.63) is 53.5 Å². The van der Waals surface area contributed by atoms with Crippen molar-refractivity contribution >= 4 is 35.8 Å². The van der Waals surface area contributed by atoms with Crippen molar-refractivity contribution in [2.75, 3.05) is 46.9 Å². The number of nitrogens with zero attached hydrogens (tertiary/aromatic N) is 3. The van der Waals surface area contributed by atoms with E-state index in [1.165, 1.54) is 17.4 Å². The van der Waals surface area contributed by atoms with E-state index in [0.29, 0.717) is 18.8 Å². The standard InChI is InChI=1S/C21H28N4O3.HI/c1-16-6-7-18(27-3)17(15-16)8-9-23-21(22-2)25-12-10-24(11-13-25)20(26)19-5-4-14-28-19;/h4-7,14-15H,8-13H2,1-3H3,(H,22,23);1H. The molecule has 1 fully saturated rings. The molecular formula is C21H29IN4O3. The predicted octanol–water partition coefficient (Wildman–Crippen LogP) is 2.79. The van der Waals surface area contributed by atoms with Crippen LogP contribution in [0.4, 0.5) is 0 Å². The summed E-state index contributed by atoms with van der Waals surface area (Å²) >= 11 is 0. The van der Waals surface area contributed by atoms with Crippen LogP contribution in [-0.2, 0) is 6.42 Å². The third-order valence-corrected chi connectivity index (χ3v) is 4.92. The number of ether oxygens (including phenoxy) is 1. The summed E-state index contributed by atoms with van der Waals surface area (Å²) in [6.07, 6.45) is 2.37. The minimum absolute atomic E-state index is 0. The summed E-state index contributed by atoms with van der Waals surface area (Å²) in [6.45, 7) is 5.61. The van der Waals surface area contributed by atoms with E-state index >= 15 is 0 Å². The number of guanidine groups is 1. The van der Waals surface area contributed by atoms with Gasteiger partial charge in [0.05, 0.1) is 13.4 Å². The van der Waals surface area contributed by atoms with Gasteiger partial charge in [-0.1, -0.05) is 17.7 Å². The molecule has 1 aromatic carbocycles. The van der Waals surface area contributed by atoms with E-state index in [1.54, 1.807) is 26.3 Å². The van der Waals surface area contributed by atoms with Gasteiger partial charge >= 0.3 is 0 Å². The van der Waals surface area contributed by atoms with Gasteiger partial charge in [-0.15, -0.1) is 24.0 Å². The Hall–Kier alpha value is -2.23. The van der Waals surface area contributed by atoms with Crippen LogP contribution in [0.3, 0.4) is 0 Å². The summed E-state index contributed by atoms with van der Waals surface area (Å²) in [5.41, 5.74) is 2.40. The maximum atomic E-state index is 12.4. The van der Waals surface area contributed by atoms with Crippen LogP contribution in [0.1, 0.15) is 21.7 Å². The summed E-state index contributed by atoms with van der Waals surface area (Å²) in [7, 11) is 3.49. The van der Waals surface area contributed by atoms with Gasteiger partial charge in [-0.3, -0.25) is 9.79 Å². The molecule has 2 aromatic rings. The Kier molecular flexibility index (Phi) is 8.81. The number of carbonyl (C=O) groups is 1. The number of methoxy groups -OCH3 is 1. The maximum absolute atomic E-state index is 12.4. The van der Waals surface area contributed by atoms with Crippen LogP contribution >= 0.6 is 24.0 Å². The van der Waals surface area contributed by atoms with Gasteiger partial charge < -0.3 is 24.3 Å². The zero-order chi connectivity index (χ0) is 19.9. The smallest absolute Gasteiger partial charge is 0.289 e. The van der Waals surface area contributed by atoms with Crippen molar-refractivity contribution in [3.8, 4) is 5.75 Å². The lowest BCUT2D eigenvalue weighted by Gasteiger charge is -2.36. The van der Waals surface area contributed by atoms with Gasteiger partial charge in [0.1, 0.15) is 5.75 Å². The van der Waals surface area contributed by atoms with Crippen molar-refractivity contribution in [2.45, 2.75) is 13.3 Å². The molecule has 0 spiro atoms. The van der Waals surface area contributed by atoms with E-state index in [2.05, 4.69) is 34.3 Å². The normalized spacial score (nSPS) is 14.4. The number of aryl methyl sites for hydroxylation is 1. The molecule has 1 N–H and O–H groups in total. The minimum atomic E-state index is -0.0564. The molecule has 1 amide bonds. The summed E-state index contributed by atoms with van der Waals surface area (Å²) < 4.78 is 10.7. The van der Waals surface area contributed by atoms with Crippen molar-refractivity contribution in [2.24, 2.45) is 4.99 Å². The first-order valence-corrected chi connectivity index (χ1v) is 9.54. The number of hydrogen-bond donors (Lipinski definition) is 1. The molecule has 8 heteroatoms. The average molecular weight is 512 g/mol. The molecule has 7 nitrogen and oxygen atoms in total. The maximum Gasteiger partial charge on any atom is 0.289 e. The molecule has 158 valence electrons. The lowest BCUT2D eigenvalue weighted by atomic mass is 10.1. The number of piperazine rings is 1. The highest BCUT2D eigenvalue weighted by Gasteiger charge is 2.25. The second kappa shape index (κ2) is 11.1. The van der Waals surface area contributed by atoms with Crippen LogP contribution in [0, 0.1) is 6.92 Å². The SMILES string of the molecule is CN=C(NCCc1cc(C)ccc1OC)N1CCN(C(=O)c2ccco2)CC1.I. The number of furan rings is 1. The highest BCUT2D eigenvalue weighted by molar-refractivity contribution is 14.0. The topological polar surface area (TPSA) is 70.3 Å². The second-order valence-electron chi connectivity index (χ2n) is 6.80. The number of aliphatic imine (C=N–C) groups is 1. The molecule has 1 aliphatic heterocycles. The molecule has 0 atom stereocenters. The Balaban J connectivity index is 0.00000300. The van der Waals surface area contributed by atoms with Crippen LogP contribution in [0.2, 0.25) is 0 Å². The second-order valence-corrected chi connectivity index (χ2v) is 6.80. The van der Waals surface area contributed by atoms with Crippen molar-refractivity contribution in [3.63, 3.8) is 0 Å². The first-order valence-electron chi connectivity index (χ1n) is 9.54. The molecule has 2 heterocycles. The third kappa shape index (κ3) is 5.88. The molecule has 1 aromatic heterocycles. The van der Waals surface area contributed by atoms with E-state index in [-0.39, 0.29) is 29.9 Å². The highest BCUT2D eigenvalue weighted by Crippen LogP contribution is 2.19. The largest absolute Gasteiger partial charge is 0.496 e. The molecular weight excluding hydrogens is 483 g/mol. The van der Waals surface area contributed by atoms with E-state index in [9.17, 15) is 4.79 Å². The number of hydrogen-bond acceptors (Lipinski definition) is 4. The summed E-state index contributed by atoms with van der Waals surface area (Å²) in [5.74, 6) is 2.10. The molecule has 0 bridgehead atoms. The van der Waals surface area contributed by atoms with Crippen molar-refractivity contribution < 1.29 is 13.9 Å². The predicted molar refractivity (Wildman–Crippen MR) is 124 cm³/mol. The summed E-state index contributed by atoms with van der Waals surface area (Å²) in [4.78, 5) is 20.8. The fourth-order valence-corrected chi connectivity index (χ4v) is 3.42. The van der Waals surface area contributed by atoms with E-state index in [1.807, 2.05) is 11.0 Å². The Labute approximate surface area is 189 Å². The van der Waals surface area contributed by atoms with Gasteiger partial charge in [0.15, 0.2) is 11.7 Å². The van der Waals surface area contributed by atoms with Crippen molar-refractivity contribution in [1.82, 2.24) is 15.1 Å². The summed E-state index contributed by atoms with van der Waals surface area (Å²) in [6, 6.07) is 9.66. The van der Waals surface area contributed by atoms with Crippen LogP contribution in [0.25, 0.3) is 0 Å². The summed E-state index contributed by atoms with van der Waals surface area (Å²) in [5, 5.41) is 3.43. The Morgan fingerprint density at radius 1 is 1.21 bits per heavy atom. The van der Waals surface area contributed by atoms with Gasteiger partial charge in [0, 0.05) is 39.8 Å². The fraction of sp³-hybridized carbons (Fsp3) is 0.429. The van der Waals surface area contributed by atoms with Crippen LogP contribution in [-0.4, -0.2) is 68.5 Å². The quantitative estimate of drug-likeness (QED) is 0.379. The fourth-order valence-electron chi connectivity index (χ4n) is 3.42. The molecule has 0 saturated carbocycles. The molecule has 0 aliphatic carbocycles. The Bertz CT molecular complexity index is 815. The zero-order valence-corrected chi connectivity index (χ0v) is 19.5. The first kappa shape index (κ1) is 23.1. The van der Waals surface area contributed by atoms with E-state index in [4.69, 9.17) is 9.15 Å². The zero-order valence-electron chi connectivity index (χ0n) is 17.2. The molecule has 3 rings (SSSR count). The highest BCUT2D eigenvalue weighted by atomic mass is 127. The molecule has 1 saturated heterocycles. The Morgan fingerprint density at radius 2 is 1.93 bits per heavy atom. The molecule has 29 heavy (non-hydrogen) atoms. The van der Waals surface area contributed by atoms with Crippen LogP contribution in [0.5, 0.6) is 5.75 Å². The van der Waals surface area contributed by atoms with Crippen molar-refractivity contribution in [1.29, 1.82) is 0 Å². The van der Waals surface area contributed by atoms with Gasteiger partial charge in [-0.05, 0) is 37.1 Å². The monoisotopic (exact) mass is 512 g/mol. The first-order chi connectivity index (χ1) is 13.6. The molecule has 1 aliphatic rings. The minimum Gasteiger partial charge on any atom is -0.496 e. The van der Waals surface area contributed by atoms with E-state index < -0.39 is 0 Å². The van der Waals surface area contributed by atoms with Crippen LogP contribution in [0.15, 0.2) is 46.0 Å². The Morgan fingerprint density at radius 3 is 2.55 bits per heavy atom. The number of amides is 1. The number of halogens is 1.